The Labute approximate surface area is 100 Å². The summed E-state index contributed by atoms with van der Waals surface area (Å²) >= 11 is 0. The van der Waals surface area contributed by atoms with Gasteiger partial charge in [-0.15, -0.1) is 0 Å². The van der Waals surface area contributed by atoms with Crippen molar-refractivity contribution in [3.8, 4) is 0 Å². The van der Waals surface area contributed by atoms with Crippen molar-refractivity contribution >= 4 is 11.5 Å². The van der Waals surface area contributed by atoms with Crippen molar-refractivity contribution in [3.05, 3.63) is 28.4 Å². The molecule has 0 amide bonds. The highest BCUT2D eigenvalue weighted by molar-refractivity contribution is 5.45. The molecule has 1 rings (SSSR count). The smallest absolute Gasteiger partial charge is 0.274 e. The second-order valence-corrected chi connectivity index (χ2v) is 4.96. The molecule has 6 nitrogen and oxygen atoms in total. The van der Waals surface area contributed by atoms with E-state index in [-0.39, 0.29) is 17.1 Å². The Morgan fingerprint density at radius 3 is 2.71 bits per heavy atom. The van der Waals surface area contributed by atoms with Crippen LogP contribution in [0.5, 0.6) is 0 Å². The second-order valence-electron chi connectivity index (χ2n) is 4.96. The molecule has 1 unspecified atom stereocenters. The highest BCUT2D eigenvalue weighted by atomic mass is 16.6. The molecule has 1 atom stereocenters. The van der Waals surface area contributed by atoms with Gasteiger partial charge in [0.1, 0.15) is 5.82 Å². The predicted molar refractivity (Wildman–Crippen MR) is 66.8 cm³/mol. The molecular weight excluding hydrogens is 220 g/mol. The molecule has 1 heterocycles. The summed E-state index contributed by atoms with van der Waals surface area (Å²) in [6.07, 6.45) is 1.41. The third kappa shape index (κ3) is 3.67. The zero-order valence-corrected chi connectivity index (χ0v) is 10.3. The van der Waals surface area contributed by atoms with Crippen molar-refractivity contribution in [1.82, 2.24) is 4.98 Å². The molecule has 0 saturated carbocycles. The molecule has 1 aromatic heterocycles. The number of anilines is 1. The normalized spacial score (nSPS) is 13.2. The quantitative estimate of drug-likeness (QED) is 0.616. The molecule has 3 N–H and O–H groups in total. The number of hydrogen-bond acceptors (Lipinski definition) is 5. The number of nitrogens with two attached hydrogens (primary N) is 1. The first-order chi connectivity index (χ1) is 7.84. The minimum absolute atomic E-state index is 0.0111. The fourth-order valence-electron chi connectivity index (χ4n) is 1.42. The minimum atomic E-state index is -0.443. The molecule has 94 valence electrons. The molecular formula is C11H18N4O2. The van der Waals surface area contributed by atoms with E-state index in [9.17, 15) is 10.1 Å². The molecule has 0 aromatic carbocycles. The van der Waals surface area contributed by atoms with Gasteiger partial charge in [0, 0.05) is 24.8 Å². The molecule has 0 saturated heterocycles. The summed E-state index contributed by atoms with van der Waals surface area (Å²) in [6.45, 7) is 6.59. The lowest BCUT2D eigenvalue weighted by Crippen LogP contribution is -2.40. The van der Waals surface area contributed by atoms with Crippen LogP contribution in [0.1, 0.15) is 20.8 Å². The third-order valence-electron chi connectivity index (χ3n) is 2.56. The molecule has 0 aliphatic rings. The van der Waals surface area contributed by atoms with Crippen molar-refractivity contribution in [1.29, 1.82) is 0 Å². The summed E-state index contributed by atoms with van der Waals surface area (Å²) in [7, 11) is 0. The second kappa shape index (κ2) is 5.09. The zero-order chi connectivity index (χ0) is 13.1. The predicted octanol–water partition coefficient (Wildman–Crippen LogP) is 1.78. The van der Waals surface area contributed by atoms with E-state index in [2.05, 4.69) is 31.1 Å². The van der Waals surface area contributed by atoms with Gasteiger partial charge < -0.3 is 11.1 Å². The number of nitrogens with one attached hydrogen (secondary N) is 1. The summed E-state index contributed by atoms with van der Waals surface area (Å²) in [6, 6.07) is 2.78. The molecule has 0 aliphatic carbocycles. The van der Waals surface area contributed by atoms with Crippen molar-refractivity contribution < 1.29 is 4.92 Å². The Kier molecular flexibility index (Phi) is 4.01. The van der Waals surface area contributed by atoms with E-state index in [1.165, 1.54) is 18.3 Å². The van der Waals surface area contributed by atoms with Crippen molar-refractivity contribution in [2.45, 2.75) is 26.8 Å². The molecule has 0 fully saturated rings. The Hall–Kier alpha value is -1.69. The average molecular weight is 238 g/mol. The van der Waals surface area contributed by atoms with Crippen LogP contribution in [0, 0.1) is 15.5 Å². The Morgan fingerprint density at radius 1 is 1.59 bits per heavy atom. The van der Waals surface area contributed by atoms with E-state index >= 15 is 0 Å². The van der Waals surface area contributed by atoms with Gasteiger partial charge in [0.15, 0.2) is 0 Å². The van der Waals surface area contributed by atoms with Crippen molar-refractivity contribution in [3.63, 3.8) is 0 Å². The van der Waals surface area contributed by atoms with Gasteiger partial charge in [-0.1, -0.05) is 20.8 Å². The first kappa shape index (κ1) is 13.4. The van der Waals surface area contributed by atoms with Gasteiger partial charge in [0.05, 0.1) is 11.0 Å². The number of nitrogens with zero attached hydrogens (tertiary/aromatic N) is 2. The lowest BCUT2D eigenvalue weighted by atomic mass is 9.87. The summed E-state index contributed by atoms with van der Waals surface area (Å²) in [4.78, 5) is 14.2. The Morgan fingerprint density at radius 2 is 2.24 bits per heavy atom. The Balaban J connectivity index is 2.87. The SMILES string of the molecule is CC(C)(C)C(CN)Nc1cc([N+](=O)[O-])ccn1. The van der Waals surface area contributed by atoms with Gasteiger partial charge in [0.2, 0.25) is 0 Å². The molecule has 1 aromatic rings. The van der Waals surface area contributed by atoms with E-state index in [1.807, 2.05) is 0 Å². The number of pyridine rings is 1. The number of nitro groups is 1. The first-order valence-electron chi connectivity index (χ1n) is 5.41. The lowest BCUT2D eigenvalue weighted by molar-refractivity contribution is -0.384. The molecule has 0 bridgehead atoms. The molecule has 0 spiro atoms. The maximum Gasteiger partial charge on any atom is 0.274 e. The van der Waals surface area contributed by atoms with Crippen LogP contribution < -0.4 is 11.1 Å². The molecule has 6 heteroatoms. The number of hydrogen-bond donors (Lipinski definition) is 2. The zero-order valence-electron chi connectivity index (χ0n) is 10.3. The Bertz CT molecular complexity index is 401. The monoisotopic (exact) mass is 238 g/mol. The lowest BCUT2D eigenvalue weighted by Gasteiger charge is -2.30. The van der Waals surface area contributed by atoms with Gasteiger partial charge in [-0.05, 0) is 5.41 Å². The average Bonchev–Trinajstić information content (AvgIpc) is 2.24. The fourth-order valence-corrected chi connectivity index (χ4v) is 1.42. The highest BCUT2D eigenvalue weighted by Gasteiger charge is 2.23. The van der Waals surface area contributed by atoms with Crippen LogP contribution in [0.3, 0.4) is 0 Å². The number of rotatable bonds is 4. The summed E-state index contributed by atoms with van der Waals surface area (Å²) < 4.78 is 0. The molecule has 0 aliphatic heterocycles. The summed E-state index contributed by atoms with van der Waals surface area (Å²) in [5, 5.41) is 13.8. The van der Waals surface area contributed by atoms with E-state index in [4.69, 9.17) is 5.73 Å². The van der Waals surface area contributed by atoms with Crippen molar-refractivity contribution in [2.75, 3.05) is 11.9 Å². The van der Waals surface area contributed by atoms with Gasteiger partial charge in [-0.2, -0.15) is 0 Å². The van der Waals surface area contributed by atoms with Crippen LogP contribution in [0.2, 0.25) is 0 Å². The van der Waals surface area contributed by atoms with Crippen LogP contribution in [-0.4, -0.2) is 22.5 Å². The van der Waals surface area contributed by atoms with E-state index in [0.29, 0.717) is 12.4 Å². The van der Waals surface area contributed by atoms with Gasteiger partial charge in [-0.3, -0.25) is 10.1 Å². The van der Waals surface area contributed by atoms with Crippen LogP contribution in [-0.2, 0) is 0 Å². The topological polar surface area (TPSA) is 94.1 Å². The van der Waals surface area contributed by atoms with E-state index in [0.717, 1.165) is 0 Å². The largest absolute Gasteiger partial charge is 0.365 e. The first-order valence-corrected chi connectivity index (χ1v) is 5.41. The van der Waals surface area contributed by atoms with Crippen LogP contribution >= 0.6 is 0 Å². The van der Waals surface area contributed by atoms with Gasteiger partial charge in [0.25, 0.3) is 5.69 Å². The highest BCUT2D eigenvalue weighted by Crippen LogP contribution is 2.23. The summed E-state index contributed by atoms with van der Waals surface area (Å²) in [5.74, 6) is 0.476. The summed E-state index contributed by atoms with van der Waals surface area (Å²) in [5.41, 5.74) is 5.66. The van der Waals surface area contributed by atoms with Gasteiger partial charge in [-0.25, -0.2) is 4.98 Å². The van der Waals surface area contributed by atoms with Gasteiger partial charge >= 0.3 is 0 Å². The maximum absolute atomic E-state index is 10.6. The fraction of sp³-hybridized carbons (Fsp3) is 0.545. The molecule has 17 heavy (non-hydrogen) atoms. The van der Waals surface area contributed by atoms with Crippen LogP contribution in [0.4, 0.5) is 11.5 Å². The van der Waals surface area contributed by atoms with Crippen LogP contribution in [0.15, 0.2) is 18.3 Å². The van der Waals surface area contributed by atoms with E-state index < -0.39 is 4.92 Å². The standard InChI is InChI=1S/C11H18N4O2/c1-11(2,3)9(7-12)14-10-6-8(15(16)17)4-5-13-10/h4-6,9H,7,12H2,1-3H3,(H,13,14). The van der Waals surface area contributed by atoms with Crippen molar-refractivity contribution in [2.24, 2.45) is 11.1 Å². The maximum atomic E-state index is 10.6. The minimum Gasteiger partial charge on any atom is -0.365 e. The van der Waals surface area contributed by atoms with E-state index in [1.54, 1.807) is 0 Å². The van der Waals surface area contributed by atoms with Crippen LogP contribution in [0.25, 0.3) is 0 Å². The molecule has 0 radical (unpaired) electrons. The third-order valence-corrected chi connectivity index (χ3v) is 2.56. The number of aromatic nitrogens is 1.